The number of nitrogens with one attached hydrogen (secondary N) is 1. The third-order valence-electron chi connectivity index (χ3n) is 2.72. The first-order chi connectivity index (χ1) is 9.40. The first-order valence-corrected chi connectivity index (χ1v) is 6.25. The quantitative estimate of drug-likeness (QED) is 0.712. The topological polar surface area (TPSA) is 103 Å². The van der Waals surface area contributed by atoms with Gasteiger partial charge in [-0.1, -0.05) is 6.07 Å². The molecule has 1 aromatic heterocycles. The number of aliphatic hydroxyl groups is 1. The number of urea groups is 1. The van der Waals surface area contributed by atoms with Gasteiger partial charge in [-0.05, 0) is 25.0 Å². The Morgan fingerprint density at radius 2 is 2.15 bits per heavy atom. The SMILES string of the molecule is CC(O)CCN(C)C(=O)NCc1ccc(C(=O)O)nc1. The van der Waals surface area contributed by atoms with E-state index in [9.17, 15) is 9.59 Å². The standard InChI is InChI=1S/C13H19N3O4/c1-9(17)5-6-16(2)13(20)15-8-10-3-4-11(12(18)19)14-7-10/h3-4,7,9,17H,5-6,8H2,1-2H3,(H,15,20)(H,18,19). The molecule has 0 saturated carbocycles. The second kappa shape index (κ2) is 7.44. The Labute approximate surface area is 117 Å². The van der Waals surface area contributed by atoms with Gasteiger partial charge in [-0.15, -0.1) is 0 Å². The minimum absolute atomic E-state index is 0.0332. The van der Waals surface area contributed by atoms with Crippen molar-refractivity contribution in [3.63, 3.8) is 0 Å². The molecule has 0 radical (unpaired) electrons. The van der Waals surface area contributed by atoms with Crippen molar-refractivity contribution in [2.24, 2.45) is 0 Å². The maximum absolute atomic E-state index is 11.7. The lowest BCUT2D eigenvalue weighted by Crippen LogP contribution is -2.38. The number of carbonyl (C=O) groups excluding carboxylic acids is 1. The zero-order valence-electron chi connectivity index (χ0n) is 11.5. The fourth-order valence-corrected chi connectivity index (χ4v) is 1.45. The summed E-state index contributed by atoms with van der Waals surface area (Å²) in [6.07, 6.45) is 1.48. The number of amides is 2. The fourth-order valence-electron chi connectivity index (χ4n) is 1.45. The van der Waals surface area contributed by atoms with Crippen LogP contribution >= 0.6 is 0 Å². The van der Waals surface area contributed by atoms with Gasteiger partial charge in [-0.25, -0.2) is 14.6 Å². The van der Waals surface area contributed by atoms with Crippen molar-refractivity contribution in [3.05, 3.63) is 29.6 Å². The molecule has 7 nitrogen and oxygen atoms in total. The number of rotatable bonds is 6. The van der Waals surface area contributed by atoms with Crippen LogP contribution in [0.2, 0.25) is 0 Å². The van der Waals surface area contributed by atoms with Gasteiger partial charge in [0.05, 0.1) is 6.10 Å². The van der Waals surface area contributed by atoms with Gasteiger partial charge >= 0.3 is 12.0 Å². The number of hydrogen-bond acceptors (Lipinski definition) is 4. The number of carboxylic acid groups (broad SMARTS) is 1. The highest BCUT2D eigenvalue weighted by atomic mass is 16.4. The smallest absolute Gasteiger partial charge is 0.354 e. The maximum atomic E-state index is 11.7. The number of aromatic carboxylic acids is 1. The average Bonchev–Trinajstić information content (AvgIpc) is 2.42. The van der Waals surface area contributed by atoms with Crippen molar-refractivity contribution < 1.29 is 19.8 Å². The molecule has 0 aliphatic heterocycles. The molecule has 1 atom stereocenters. The summed E-state index contributed by atoms with van der Waals surface area (Å²) in [4.78, 5) is 27.6. The van der Waals surface area contributed by atoms with Crippen molar-refractivity contribution in [2.75, 3.05) is 13.6 Å². The molecule has 0 spiro atoms. The van der Waals surface area contributed by atoms with Gasteiger partial charge in [0, 0.05) is 26.3 Å². The van der Waals surface area contributed by atoms with Gasteiger partial charge in [-0.2, -0.15) is 0 Å². The molecule has 1 aromatic rings. The second-order valence-corrected chi connectivity index (χ2v) is 4.57. The van der Waals surface area contributed by atoms with Crippen LogP contribution < -0.4 is 5.32 Å². The molecule has 20 heavy (non-hydrogen) atoms. The molecular weight excluding hydrogens is 262 g/mol. The molecule has 0 bridgehead atoms. The van der Waals surface area contributed by atoms with Crippen LogP contribution in [0, 0.1) is 0 Å². The van der Waals surface area contributed by atoms with E-state index in [4.69, 9.17) is 10.2 Å². The molecule has 0 aromatic carbocycles. The molecule has 7 heteroatoms. The Balaban J connectivity index is 2.42. The van der Waals surface area contributed by atoms with Crippen molar-refractivity contribution in [3.8, 4) is 0 Å². The van der Waals surface area contributed by atoms with E-state index in [0.29, 0.717) is 18.5 Å². The minimum Gasteiger partial charge on any atom is -0.477 e. The number of pyridine rings is 1. The van der Waals surface area contributed by atoms with Crippen LogP contribution in [0.15, 0.2) is 18.3 Å². The van der Waals surface area contributed by atoms with Gasteiger partial charge in [0.2, 0.25) is 0 Å². The number of carboxylic acids is 1. The number of carbonyl (C=O) groups is 2. The lowest BCUT2D eigenvalue weighted by molar-refractivity contribution is 0.0690. The predicted octanol–water partition coefficient (Wildman–Crippen LogP) is 0.692. The van der Waals surface area contributed by atoms with Crippen LogP contribution in [-0.2, 0) is 6.54 Å². The van der Waals surface area contributed by atoms with Crippen LogP contribution in [0.25, 0.3) is 0 Å². The zero-order valence-corrected chi connectivity index (χ0v) is 11.5. The summed E-state index contributed by atoms with van der Waals surface area (Å²) < 4.78 is 0. The van der Waals surface area contributed by atoms with Crippen LogP contribution in [0.4, 0.5) is 4.79 Å². The van der Waals surface area contributed by atoms with E-state index in [2.05, 4.69) is 10.3 Å². The van der Waals surface area contributed by atoms with Gasteiger partial charge < -0.3 is 20.4 Å². The highest BCUT2D eigenvalue weighted by Crippen LogP contribution is 2.01. The molecule has 0 saturated heterocycles. The summed E-state index contributed by atoms with van der Waals surface area (Å²) in [5.41, 5.74) is 0.682. The van der Waals surface area contributed by atoms with E-state index < -0.39 is 12.1 Å². The third-order valence-corrected chi connectivity index (χ3v) is 2.72. The molecular formula is C13H19N3O4. The maximum Gasteiger partial charge on any atom is 0.354 e. The predicted molar refractivity (Wildman–Crippen MR) is 72.4 cm³/mol. The van der Waals surface area contributed by atoms with Gasteiger partial charge in [0.1, 0.15) is 5.69 Å². The lowest BCUT2D eigenvalue weighted by atomic mass is 10.2. The molecule has 2 amide bonds. The Hall–Kier alpha value is -2.15. The second-order valence-electron chi connectivity index (χ2n) is 4.57. The van der Waals surface area contributed by atoms with Gasteiger partial charge in [0.25, 0.3) is 0 Å². The average molecular weight is 281 g/mol. The molecule has 0 aliphatic carbocycles. The summed E-state index contributed by atoms with van der Waals surface area (Å²) in [5.74, 6) is -1.08. The Morgan fingerprint density at radius 1 is 1.45 bits per heavy atom. The highest BCUT2D eigenvalue weighted by Gasteiger charge is 2.09. The molecule has 1 rings (SSSR count). The summed E-state index contributed by atoms with van der Waals surface area (Å²) in [7, 11) is 1.64. The summed E-state index contributed by atoms with van der Waals surface area (Å²) in [6, 6.07) is 2.74. The Kier molecular flexibility index (Phi) is 5.92. The van der Waals surface area contributed by atoms with Crippen molar-refractivity contribution >= 4 is 12.0 Å². The molecule has 3 N–H and O–H groups in total. The van der Waals surface area contributed by atoms with E-state index in [1.807, 2.05) is 0 Å². The summed E-state index contributed by atoms with van der Waals surface area (Å²) in [6.45, 7) is 2.39. The van der Waals surface area contributed by atoms with Crippen LogP contribution in [0.1, 0.15) is 29.4 Å². The number of aromatic nitrogens is 1. The monoisotopic (exact) mass is 281 g/mol. The summed E-state index contributed by atoms with van der Waals surface area (Å²) in [5, 5.41) is 20.5. The number of aliphatic hydroxyl groups excluding tert-OH is 1. The minimum atomic E-state index is -1.08. The van der Waals surface area contributed by atoms with Gasteiger partial charge in [0.15, 0.2) is 0 Å². The van der Waals surface area contributed by atoms with Gasteiger partial charge in [-0.3, -0.25) is 0 Å². The van der Waals surface area contributed by atoms with Crippen molar-refractivity contribution in [1.82, 2.24) is 15.2 Å². The third kappa shape index (κ3) is 5.23. The molecule has 0 fully saturated rings. The normalized spacial score (nSPS) is 11.8. The Bertz CT molecular complexity index is 459. The molecule has 0 aliphatic rings. The van der Waals surface area contributed by atoms with E-state index in [0.717, 1.165) is 0 Å². The van der Waals surface area contributed by atoms with E-state index in [1.165, 1.54) is 17.2 Å². The van der Waals surface area contributed by atoms with Crippen LogP contribution in [0.5, 0.6) is 0 Å². The molecule has 1 unspecified atom stereocenters. The van der Waals surface area contributed by atoms with E-state index in [1.54, 1.807) is 20.0 Å². The summed E-state index contributed by atoms with van der Waals surface area (Å²) >= 11 is 0. The van der Waals surface area contributed by atoms with E-state index in [-0.39, 0.29) is 18.3 Å². The molecule has 1 heterocycles. The fraction of sp³-hybridized carbons (Fsp3) is 0.462. The lowest BCUT2D eigenvalue weighted by Gasteiger charge is -2.18. The first kappa shape index (κ1) is 15.9. The highest BCUT2D eigenvalue weighted by molar-refractivity contribution is 5.85. The Morgan fingerprint density at radius 3 is 2.65 bits per heavy atom. The largest absolute Gasteiger partial charge is 0.477 e. The molecule has 110 valence electrons. The van der Waals surface area contributed by atoms with Crippen LogP contribution in [0.3, 0.4) is 0 Å². The number of hydrogen-bond donors (Lipinski definition) is 3. The van der Waals surface area contributed by atoms with Crippen LogP contribution in [-0.4, -0.2) is 51.8 Å². The zero-order chi connectivity index (χ0) is 15.1. The van der Waals surface area contributed by atoms with E-state index >= 15 is 0 Å². The van der Waals surface area contributed by atoms with Crippen molar-refractivity contribution in [1.29, 1.82) is 0 Å². The van der Waals surface area contributed by atoms with Crippen molar-refractivity contribution in [2.45, 2.75) is 26.0 Å². The number of nitrogens with zero attached hydrogens (tertiary/aromatic N) is 2. The first-order valence-electron chi connectivity index (χ1n) is 6.25.